The van der Waals surface area contributed by atoms with Gasteiger partial charge in [-0.15, -0.1) is 0 Å². The highest BCUT2D eigenvalue weighted by Crippen LogP contribution is 2.64. The zero-order chi connectivity index (χ0) is 18.5. The molecule has 3 N–H and O–H groups in total. The number of hydroxylamine groups is 1. The van der Waals surface area contributed by atoms with Gasteiger partial charge in [0.1, 0.15) is 5.78 Å². The summed E-state index contributed by atoms with van der Waals surface area (Å²) in [5, 5.41) is 8.59. The Morgan fingerprint density at radius 1 is 1.28 bits per heavy atom. The molecule has 0 spiro atoms. The van der Waals surface area contributed by atoms with Gasteiger partial charge >= 0.3 is 0 Å². The minimum Gasteiger partial charge on any atom is -0.299 e. The van der Waals surface area contributed by atoms with Crippen LogP contribution in [0.1, 0.15) is 43.5 Å². The number of anilines is 1. The second kappa shape index (κ2) is 5.81. The van der Waals surface area contributed by atoms with Crippen molar-refractivity contribution in [2.75, 3.05) is 10.5 Å². The van der Waals surface area contributed by atoms with Crippen LogP contribution < -0.4 is 10.2 Å². The number of nitrogens with one attached hydrogen (secondary N) is 2. The van der Waals surface area contributed by atoms with Gasteiger partial charge in [-0.2, -0.15) is 0 Å². The van der Waals surface area contributed by atoms with Crippen molar-refractivity contribution >= 4 is 27.4 Å². The molecule has 2 fully saturated rings. The summed E-state index contributed by atoms with van der Waals surface area (Å²) in [5.41, 5.74) is 0.889. The van der Waals surface area contributed by atoms with E-state index in [1.165, 1.54) is 29.7 Å². The summed E-state index contributed by atoms with van der Waals surface area (Å²) >= 11 is 0. The molecule has 0 aromatic heterocycles. The second-order valence-electron chi connectivity index (χ2n) is 7.55. The van der Waals surface area contributed by atoms with Crippen LogP contribution in [0.15, 0.2) is 24.3 Å². The van der Waals surface area contributed by atoms with Gasteiger partial charge in [0.05, 0.1) is 11.2 Å². The Morgan fingerprint density at radius 3 is 2.40 bits per heavy atom. The number of ketones is 1. The molecule has 1 aromatic carbocycles. The number of hydrogen-bond donors (Lipinski definition) is 3. The zero-order valence-corrected chi connectivity index (χ0v) is 15.0. The maximum absolute atomic E-state index is 12.7. The lowest BCUT2D eigenvalue weighted by Gasteiger charge is -2.36. The Kier molecular flexibility index (Phi) is 4.15. The first-order chi connectivity index (χ1) is 11.6. The van der Waals surface area contributed by atoms with Crippen molar-refractivity contribution in [2.24, 2.45) is 16.7 Å². The molecule has 0 radical (unpaired) electrons. The molecule has 0 heterocycles. The molecule has 8 heteroatoms. The summed E-state index contributed by atoms with van der Waals surface area (Å²) < 4.78 is 27.8. The maximum Gasteiger partial charge on any atom is 0.274 e. The van der Waals surface area contributed by atoms with Crippen molar-refractivity contribution in [1.29, 1.82) is 0 Å². The number of fused-ring (bicyclic) bond motifs is 2. The van der Waals surface area contributed by atoms with Crippen LogP contribution in [-0.2, 0) is 14.8 Å². The van der Waals surface area contributed by atoms with Gasteiger partial charge in [-0.25, -0.2) is 13.9 Å². The Bertz CT molecular complexity index is 816. The van der Waals surface area contributed by atoms with Crippen molar-refractivity contribution < 1.29 is 23.2 Å². The maximum atomic E-state index is 12.7. The van der Waals surface area contributed by atoms with Crippen molar-refractivity contribution in [3.8, 4) is 0 Å². The largest absolute Gasteiger partial charge is 0.299 e. The Labute approximate surface area is 146 Å². The second-order valence-corrected chi connectivity index (χ2v) is 9.27. The monoisotopic (exact) mass is 366 g/mol. The van der Waals surface area contributed by atoms with Crippen LogP contribution in [0.2, 0.25) is 0 Å². The van der Waals surface area contributed by atoms with Crippen LogP contribution >= 0.6 is 0 Å². The third-order valence-corrected chi connectivity index (χ3v) is 7.52. The number of carbonyl (C=O) groups is 2. The van der Waals surface area contributed by atoms with E-state index in [2.05, 4.69) is 4.72 Å². The fraction of sp³-hybridized carbons (Fsp3) is 0.529. The molecule has 25 heavy (non-hydrogen) atoms. The van der Waals surface area contributed by atoms with E-state index in [1.54, 1.807) is 0 Å². The van der Waals surface area contributed by atoms with Crippen molar-refractivity contribution in [2.45, 2.75) is 33.1 Å². The first-order valence-electron chi connectivity index (χ1n) is 8.20. The summed E-state index contributed by atoms with van der Waals surface area (Å²) in [5.74, 6) is -0.592. The lowest BCUT2D eigenvalue weighted by atomic mass is 9.70. The first kappa shape index (κ1) is 17.9. The van der Waals surface area contributed by atoms with E-state index in [-0.39, 0.29) is 28.4 Å². The Balaban J connectivity index is 1.79. The molecule has 2 saturated carbocycles. The van der Waals surface area contributed by atoms with E-state index in [4.69, 9.17) is 5.21 Å². The molecule has 1 amide bonds. The van der Waals surface area contributed by atoms with E-state index in [9.17, 15) is 18.0 Å². The zero-order valence-electron chi connectivity index (χ0n) is 14.2. The van der Waals surface area contributed by atoms with Crippen molar-refractivity contribution in [1.82, 2.24) is 5.48 Å². The van der Waals surface area contributed by atoms with Crippen LogP contribution in [0.25, 0.3) is 0 Å². The lowest BCUT2D eigenvalue weighted by molar-refractivity contribution is -0.128. The van der Waals surface area contributed by atoms with Crippen LogP contribution in [-0.4, -0.2) is 31.1 Å². The number of carbonyl (C=O) groups excluding carboxylic acids is 2. The molecular formula is C17H22N2O5S. The standard InChI is InChI=1S/C17H22N2O5S/c1-16(2)12-7-8-17(16,14(20)9-12)10-25(23,24)19-13-5-3-11(4-6-13)15(21)18-22/h3-6,12,19,22H,7-10H2,1-2H3,(H,18,21)/t12-,17-/m0/s1. The number of Topliss-reactive ketones (excluding diaryl/α,β-unsaturated/α-hetero) is 1. The molecule has 2 bridgehead atoms. The predicted molar refractivity (Wildman–Crippen MR) is 91.7 cm³/mol. The average molecular weight is 366 g/mol. The van der Waals surface area contributed by atoms with Gasteiger partial charge in [0.15, 0.2) is 0 Å². The lowest BCUT2D eigenvalue weighted by Crippen LogP contribution is -2.43. The van der Waals surface area contributed by atoms with Crippen LogP contribution in [0.4, 0.5) is 5.69 Å². The van der Waals surface area contributed by atoms with Gasteiger partial charge in [-0.05, 0) is 48.4 Å². The van der Waals surface area contributed by atoms with E-state index in [0.29, 0.717) is 18.5 Å². The number of sulfonamides is 1. The molecule has 2 aliphatic carbocycles. The van der Waals surface area contributed by atoms with Gasteiger partial charge in [-0.1, -0.05) is 13.8 Å². The molecule has 0 unspecified atom stereocenters. The highest BCUT2D eigenvalue weighted by atomic mass is 32.2. The van der Waals surface area contributed by atoms with Crippen LogP contribution in [0.3, 0.4) is 0 Å². The topological polar surface area (TPSA) is 113 Å². The smallest absolute Gasteiger partial charge is 0.274 e. The Morgan fingerprint density at radius 2 is 1.92 bits per heavy atom. The minimum atomic E-state index is -3.73. The van der Waals surface area contributed by atoms with E-state index in [0.717, 1.165) is 6.42 Å². The normalized spacial score (nSPS) is 27.3. The summed E-state index contributed by atoms with van der Waals surface area (Å²) in [7, 11) is -3.73. The number of benzene rings is 1. The first-order valence-corrected chi connectivity index (χ1v) is 9.85. The molecule has 2 atom stereocenters. The van der Waals surface area contributed by atoms with E-state index >= 15 is 0 Å². The number of hydrogen-bond acceptors (Lipinski definition) is 5. The molecule has 3 rings (SSSR count). The van der Waals surface area contributed by atoms with Crippen LogP contribution in [0, 0.1) is 16.7 Å². The molecule has 2 aliphatic rings. The number of amides is 1. The number of rotatable bonds is 5. The fourth-order valence-electron chi connectivity index (χ4n) is 4.40. The highest BCUT2D eigenvalue weighted by Gasteiger charge is 2.65. The van der Waals surface area contributed by atoms with Crippen LogP contribution in [0.5, 0.6) is 0 Å². The van der Waals surface area contributed by atoms with Crippen molar-refractivity contribution in [3.63, 3.8) is 0 Å². The third-order valence-electron chi connectivity index (χ3n) is 6.10. The Hall–Kier alpha value is -1.93. The van der Waals surface area contributed by atoms with E-state index in [1.807, 2.05) is 13.8 Å². The molecule has 1 aromatic rings. The van der Waals surface area contributed by atoms with Gasteiger partial charge in [0.2, 0.25) is 10.0 Å². The minimum absolute atomic E-state index is 0.0501. The molecule has 0 saturated heterocycles. The average Bonchev–Trinajstić information content (AvgIpc) is 2.88. The highest BCUT2D eigenvalue weighted by molar-refractivity contribution is 7.92. The van der Waals surface area contributed by atoms with Gasteiger partial charge in [0.25, 0.3) is 5.91 Å². The quantitative estimate of drug-likeness (QED) is 0.544. The van der Waals surface area contributed by atoms with Gasteiger partial charge < -0.3 is 0 Å². The molecule has 136 valence electrons. The summed E-state index contributed by atoms with van der Waals surface area (Å²) in [6.07, 6.45) is 1.97. The fourth-order valence-corrected chi connectivity index (χ4v) is 6.30. The van der Waals surface area contributed by atoms with Gasteiger partial charge in [0, 0.05) is 17.7 Å². The summed E-state index contributed by atoms with van der Waals surface area (Å²) in [4.78, 5) is 23.8. The van der Waals surface area contributed by atoms with Gasteiger partial charge in [-0.3, -0.25) is 19.5 Å². The third kappa shape index (κ3) is 2.83. The summed E-state index contributed by atoms with van der Waals surface area (Å²) in [6, 6.07) is 5.69. The summed E-state index contributed by atoms with van der Waals surface area (Å²) in [6.45, 7) is 3.99. The molecule has 7 nitrogen and oxygen atoms in total. The molecular weight excluding hydrogens is 344 g/mol. The predicted octanol–water partition coefficient (Wildman–Crippen LogP) is 1.94. The van der Waals surface area contributed by atoms with E-state index < -0.39 is 21.3 Å². The van der Waals surface area contributed by atoms with Crippen molar-refractivity contribution in [3.05, 3.63) is 29.8 Å². The molecule has 0 aliphatic heterocycles. The SMILES string of the molecule is CC1(C)[C@H]2CC[C@]1(CS(=O)(=O)Nc1ccc(C(=O)NO)cc1)C(=O)C2.